The van der Waals surface area contributed by atoms with Crippen LogP contribution < -0.4 is 5.73 Å². The van der Waals surface area contributed by atoms with Crippen LogP contribution in [0.1, 0.15) is 16.8 Å². The zero-order valence-corrected chi connectivity index (χ0v) is 7.10. The second-order valence-electron chi connectivity index (χ2n) is 2.97. The van der Waals surface area contributed by atoms with Crippen LogP contribution in [0.25, 0.3) is 0 Å². The predicted octanol–water partition coefficient (Wildman–Crippen LogP) is -0.0953. The van der Waals surface area contributed by atoms with E-state index in [1.54, 1.807) is 4.90 Å². The van der Waals surface area contributed by atoms with Crippen LogP contribution in [-0.2, 0) is 0 Å². The molecule has 0 atom stereocenters. The molecule has 13 heavy (non-hydrogen) atoms. The van der Waals surface area contributed by atoms with Crippen LogP contribution in [-0.4, -0.2) is 33.9 Å². The van der Waals surface area contributed by atoms with Crippen molar-refractivity contribution in [2.45, 2.75) is 6.42 Å². The minimum atomic E-state index is -0.0654. The van der Waals surface area contributed by atoms with Crippen molar-refractivity contribution in [2.24, 2.45) is 0 Å². The minimum Gasteiger partial charge on any atom is -0.383 e. The summed E-state index contributed by atoms with van der Waals surface area (Å²) in [5.41, 5.74) is 5.94. The monoisotopic (exact) mass is 178 g/mol. The van der Waals surface area contributed by atoms with Crippen molar-refractivity contribution in [2.75, 3.05) is 18.8 Å². The molecule has 2 rings (SSSR count). The first kappa shape index (κ1) is 7.97. The van der Waals surface area contributed by atoms with Gasteiger partial charge in [-0.15, -0.1) is 0 Å². The molecule has 0 saturated carbocycles. The van der Waals surface area contributed by atoms with Gasteiger partial charge in [-0.2, -0.15) is 0 Å². The van der Waals surface area contributed by atoms with Crippen molar-refractivity contribution in [1.82, 2.24) is 14.9 Å². The van der Waals surface area contributed by atoms with Gasteiger partial charge in [0.25, 0.3) is 5.91 Å². The van der Waals surface area contributed by atoms with Crippen molar-refractivity contribution >= 4 is 11.7 Å². The maximum Gasteiger partial charge on any atom is 0.259 e. The first-order valence-corrected chi connectivity index (χ1v) is 4.14. The van der Waals surface area contributed by atoms with Gasteiger partial charge in [-0.3, -0.25) is 4.79 Å². The second-order valence-corrected chi connectivity index (χ2v) is 2.97. The molecule has 1 aromatic rings. The molecule has 0 unspecified atom stereocenters. The van der Waals surface area contributed by atoms with Crippen LogP contribution >= 0.6 is 0 Å². The molecule has 1 fully saturated rings. The maximum absolute atomic E-state index is 11.6. The van der Waals surface area contributed by atoms with Crippen LogP contribution in [0.2, 0.25) is 0 Å². The molecule has 2 N–H and O–H groups in total. The molecule has 1 aliphatic heterocycles. The summed E-state index contributed by atoms with van der Waals surface area (Å²) in [5.74, 6) is 0.191. The van der Waals surface area contributed by atoms with Gasteiger partial charge in [0, 0.05) is 19.3 Å². The van der Waals surface area contributed by atoms with Crippen LogP contribution in [0.5, 0.6) is 0 Å². The lowest BCUT2D eigenvalue weighted by Gasteiger charge is -2.30. The van der Waals surface area contributed by atoms with Gasteiger partial charge in [0.05, 0.1) is 5.56 Å². The minimum absolute atomic E-state index is 0.0654. The summed E-state index contributed by atoms with van der Waals surface area (Å²) in [4.78, 5) is 20.9. The highest BCUT2D eigenvalue weighted by atomic mass is 16.2. The molecule has 0 aliphatic carbocycles. The Morgan fingerprint density at radius 1 is 1.54 bits per heavy atom. The van der Waals surface area contributed by atoms with Crippen LogP contribution in [0.15, 0.2) is 12.5 Å². The Morgan fingerprint density at radius 2 is 2.31 bits per heavy atom. The maximum atomic E-state index is 11.6. The highest BCUT2D eigenvalue weighted by molar-refractivity contribution is 5.98. The van der Waals surface area contributed by atoms with Crippen molar-refractivity contribution in [3.8, 4) is 0 Å². The number of aromatic nitrogens is 2. The third kappa shape index (κ3) is 1.32. The average Bonchev–Trinajstić information content (AvgIpc) is 2.01. The topological polar surface area (TPSA) is 72.1 Å². The summed E-state index contributed by atoms with van der Waals surface area (Å²) in [6.07, 6.45) is 3.87. The van der Waals surface area contributed by atoms with E-state index in [1.807, 2.05) is 0 Å². The van der Waals surface area contributed by atoms with Crippen LogP contribution in [0.3, 0.4) is 0 Å². The molecule has 1 aliphatic rings. The van der Waals surface area contributed by atoms with E-state index < -0.39 is 0 Å². The summed E-state index contributed by atoms with van der Waals surface area (Å²) < 4.78 is 0. The third-order valence-corrected chi connectivity index (χ3v) is 2.12. The Bertz CT molecular complexity index is 335. The van der Waals surface area contributed by atoms with E-state index in [9.17, 15) is 4.79 Å². The number of nitrogen functional groups attached to an aromatic ring is 1. The van der Waals surface area contributed by atoms with Gasteiger partial charge in [-0.1, -0.05) is 0 Å². The van der Waals surface area contributed by atoms with Gasteiger partial charge >= 0.3 is 0 Å². The molecular formula is C8H10N4O. The zero-order chi connectivity index (χ0) is 9.26. The number of carbonyl (C=O) groups excluding carboxylic acids is 1. The lowest BCUT2D eigenvalue weighted by molar-refractivity contribution is 0.0652. The fourth-order valence-electron chi connectivity index (χ4n) is 1.19. The average molecular weight is 178 g/mol. The van der Waals surface area contributed by atoms with E-state index >= 15 is 0 Å². The molecule has 5 nitrogen and oxygen atoms in total. The van der Waals surface area contributed by atoms with E-state index in [0.29, 0.717) is 5.56 Å². The van der Waals surface area contributed by atoms with Crippen molar-refractivity contribution in [1.29, 1.82) is 0 Å². The molecule has 68 valence electrons. The molecule has 1 saturated heterocycles. The lowest BCUT2D eigenvalue weighted by atomic mass is 10.1. The number of hydrogen-bond acceptors (Lipinski definition) is 4. The zero-order valence-electron chi connectivity index (χ0n) is 7.10. The molecule has 0 spiro atoms. The molecule has 5 heteroatoms. The molecule has 1 amide bonds. The highest BCUT2D eigenvalue weighted by Gasteiger charge is 2.23. The molecule has 2 heterocycles. The quantitative estimate of drug-likeness (QED) is 0.652. The van der Waals surface area contributed by atoms with Crippen molar-refractivity contribution in [3.63, 3.8) is 0 Å². The molecule has 0 aromatic carbocycles. The van der Waals surface area contributed by atoms with Gasteiger partial charge in [-0.05, 0) is 6.42 Å². The van der Waals surface area contributed by atoms with Crippen molar-refractivity contribution in [3.05, 3.63) is 18.1 Å². The summed E-state index contributed by atoms with van der Waals surface area (Å²) in [7, 11) is 0. The van der Waals surface area contributed by atoms with Gasteiger partial charge in [0.1, 0.15) is 12.1 Å². The number of anilines is 1. The first-order valence-electron chi connectivity index (χ1n) is 4.14. The number of hydrogen-bond donors (Lipinski definition) is 1. The predicted molar refractivity (Wildman–Crippen MR) is 47.0 cm³/mol. The Kier molecular flexibility index (Phi) is 1.84. The third-order valence-electron chi connectivity index (χ3n) is 2.12. The SMILES string of the molecule is Nc1ncncc1C(=O)N1CCC1. The number of carbonyl (C=O) groups is 1. The summed E-state index contributed by atoms with van der Waals surface area (Å²) in [6.45, 7) is 1.63. The van der Waals surface area contributed by atoms with E-state index in [1.165, 1.54) is 12.5 Å². The summed E-state index contributed by atoms with van der Waals surface area (Å²) >= 11 is 0. The number of nitrogens with two attached hydrogens (primary N) is 1. The van der Waals surface area contributed by atoms with Gasteiger partial charge < -0.3 is 10.6 Å². The van der Waals surface area contributed by atoms with Gasteiger partial charge in [-0.25, -0.2) is 9.97 Å². The fourth-order valence-corrected chi connectivity index (χ4v) is 1.19. The van der Waals surface area contributed by atoms with Crippen molar-refractivity contribution < 1.29 is 4.79 Å². The first-order chi connectivity index (χ1) is 6.29. The molecule has 0 radical (unpaired) electrons. The Balaban J connectivity index is 2.24. The van der Waals surface area contributed by atoms with Crippen LogP contribution in [0.4, 0.5) is 5.82 Å². The molecular weight excluding hydrogens is 168 g/mol. The fraction of sp³-hybridized carbons (Fsp3) is 0.375. The largest absolute Gasteiger partial charge is 0.383 e. The standard InChI is InChI=1S/C8H10N4O/c9-7-6(4-10-5-11-7)8(13)12-2-1-3-12/h4-5H,1-3H2,(H2,9,10,11). The van der Waals surface area contributed by atoms with E-state index in [4.69, 9.17) is 5.73 Å². The summed E-state index contributed by atoms with van der Waals surface area (Å²) in [6, 6.07) is 0. The lowest BCUT2D eigenvalue weighted by Crippen LogP contribution is -2.42. The van der Waals surface area contributed by atoms with E-state index in [2.05, 4.69) is 9.97 Å². The normalized spacial score (nSPS) is 15.2. The van der Waals surface area contributed by atoms with E-state index in [0.717, 1.165) is 19.5 Å². The second kappa shape index (κ2) is 3.01. The summed E-state index contributed by atoms with van der Waals surface area (Å²) in [5, 5.41) is 0. The smallest absolute Gasteiger partial charge is 0.259 e. The van der Waals surface area contributed by atoms with Gasteiger partial charge in [0.15, 0.2) is 0 Å². The van der Waals surface area contributed by atoms with Gasteiger partial charge in [0.2, 0.25) is 0 Å². The highest BCUT2D eigenvalue weighted by Crippen LogP contribution is 2.14. The Labute approximate surface area is 75.6 Å². The number of likely N-dealkylation sites (tertiary alicyclic amines) is 1. The Hall–Kier alpha value is -1.65. The number of nitrogens with zero attached hydrogens (tertiary/aromatic N) is 3. The molecule has 0 bridgehead atoms. The number of amides is 1. The number of rotatable bonds is 1. The van der Waals surface area contributed by atoms with Crippen LogP contribution in [0, 0.1) is 0 Å². The van der Waals surface area contributed by atoms with E-state index in [-0.39, 0.29) is 11.7 Å². The molecule has 1 aromatic heterocycles. The Morgan fingerprint density at radius 3 is 2.85 bits per heavy atom.